The van der Waals surface area contributed by atoms with Crippen LogP contribution in [0.15, 0.2) is 18.2 Å². The van der Waals surface area contributed by atoms with Gasteiger partial charge in [0.05, 0.1) is 11.7 Å². The van der Waals surface area contributed by atoms with Crippen molar-refractivity contribution < 1.29 is 15.0 Å². The third kappa shape index (κ3) is 2.41. The number of rotatable bonds is 3. The number of carbonyl (C=O) groups is 1. The van der Waals surface area contributed by atoms with Crippen molar-refractivity contribution in [2.24, 2.45) is 5.92 Å². The molecule has 0 spiro atoms. The summed E-state index contributed by atoms with van der Waals surface area (Å²) in [5.74, 6) is -0.743. The van der Waals surface area contributed by atoms with Gasteiger partial charge in [0.1, 0.15) is 0 Å². The van der Waals surface area contributed by atoms with Gasteiger partial charge in [0, 0.05) is 30.4 Å². The smallest absolute Gasteiger partial charge is 0.337 e. The number of aliphatic hydroxyl groups excluding tert-OH is 1. The molecule has 1 fully saturated rings. The molecule has 4 N–H and O–H groups in total. The van der Waals surface area contributed by atoms with E-state index in [0.717, 1.165) is 25.2 Å². The first kappa shape index (κ1) is 12.7. The second-order valence-corrected chi connectivity index (χ2v) is 4.81. The number of nitrogens with zero attached hydrogens (tertiary/aromatic N) is 1. The first-order valence-corrected chi connectivity index (χ1v) is 6.05. The van der Waals surface area contributed by atoms with E-state index in [9.17, 15) is 9.90 Å². The predicted octanol–water partition coefficient (Wildman–Crippen LogP) is 1.17. The number of aromatic carboxylic acids is 1. The monoisotopic (exact) mass is 250 g/mol. The Balaban J connectivity index is 2.16. The van der Waals surface area contributed by atoms with E-state index in [0.29, 0.717) is 0 Å². The Kier molecular flexibility index (Phi) is 3.43. The molecule has 0 radical (unpaired) electrons. The zero-order valence-electron chi connectivity index (χ0n) is 10.3. The summed E-state index contributed by atoms with van der Waals surface area (Å²) in [6.45, 7) is 3.45. The van der Waals surface area contributed by atoms with Crippen LogP contribution in [0, 0.1) is 5.92 Å². The van der Waals surface area contributed by atoms with E-state index in [1.807, 2.05) is 0 Å². The molecule has 1 aromatic rings. The Morgan fingerprint density at radius 3 is 2.78 bits per heavy atom. The molecular formula is C13H18N2O3. The highest BCUT2D eigenvalue weighted by Gasteiger charge is 2.26. The van der Waals surface area contributed by atoms with E-state index >= 15 is 0 Å². The van der Waals surface area contributed by atoms with Crippen LogP contribution in [0.5, 0.6) is 0 Å². The summed E-state index contributed by atoms with van der Waals surface area (Å²) in [5, 5.41) is 18.5. The fourth-order valence-electron chi connectivity index (χ4n) is 2.36. The molecule has 2 rings (SSSR count). The normalized spacial score (nSPS) is 21.0. The Bertz CT molecular complexity index is 460. The molecule has 0 aliphatic carbocycles. The van der Waals surface area contributed by atoms with E-state index < -0.39 is 5.97 Å². The average Bonchev–Trinajstić information content (AvgIpc) is 2.77. The van der Waals surface area contributed by atoms with Crippen molar-refractivity contribution in [2.45, 2.75) is 19.4 Å². The number of nitrogen functional groups attached to an aromatic ring is 1. The number of nitrogens with two attached hydrogens (primary N) is 1. The third-order valence-corrected chi connectivity index (χ3v) is 3.54. The minimum Gasteiger partial charge on any atom is -0.478 e. The van der Waals surface area contributed by atoms with Crippen LogP contribution >= 0.6 is 0 Å². The second-order valence-electron chi connectivity index (χ2n) is 4.81. The van der Waals surface area contributed by atoms with Crippen LogP contribution in [0.4, 0.5) is 11.4 Å². The minimum atomic E-state index is -1.01. The van der Waals surface area contributed by atoms with Gasteiger partial charge >= 0.3 is 5.97 Å². The van der Waals surface area contributed by atoms with Crippen molar-refractivity contribution in [1.29, 1.82) is 0 Å². The highest BCUT2D eigenvalue weighted by atomic mass is 16.4. The minimum absolute atomic E-state index is 0.130. The number of hydrogen-bond donors (Lipinski definition) is 3. The maximum Gasteiger partial charge on any atom is 0.337 e. The van der Waals surface area contributed by atoms with Gasteiger partial charge in [-0.15, -0.1) is 0 Å². The summed E-state index contributed by atoms with van der Waals surface area (Å²) in [6.07, 6.45) is 0.628. The van der Waals surface area contributed by atoms with Crippen LogP contribution in [0.25, 0.3) is 0 Å². The molecule has 1 aromatic carbocycles. The lowest BCUT2D eigenvalue weighted by atomic mass is 10.0. The van der Waals surface area contributed by atoms with Gasteiger partial charge < -0.3 is 20.8 Å². The van der Waals surface area contributed by atoms with Crippen LogP contribution in [0.1, 0.15) is 23.7 Å². The molecular weight excluding hydrogens is 232 g/mol. The number of hydrogen-bond acceptors (Lipinski definition) is 4. The van der Waals surface area contributed by atoms with E-state index in [-0.39, 0.29) is 23.3 Å². The highest BCUT2D eigenvalue weighted by Crippen LogP contribution is 2.28. The van der Waals surface area contributed by atoms with Crippen LogP contribution in [0.3, 0.4) is 0 Å². The van der Waals surface area contributed by atoms with E-state index in [1.54, 1.807) is 19.1 Å². The second kappa shape index (κ2) is 4.86. The largest absolute Gasteiger partial charge is 0.478 e. The lowest BCUT2D eigenvalue weighted by Gasteiger charge is -2.20. The Labute approximate surface area is 106 Å². The van der Waals surface area contributed by atoms with E-state index in [2.05, 4.69) is 4.90 Å². The Morgan fingerprint density at radius 1 is 1.56 bits per heavy atom. The predicted molar refractivity (Wildman–Crippen MR) is 69.8 cm³/mol. The molecule has 0 saturated carbocycles. The summed E-state index contributed by atoms with van der Waals surface area (Å²) in [4.78, 5) is 13.0. The van der Waals surface area contributed by atoms with Crippen LogP contribution in [-0.2, 0) is 0 Å². The molecule has 1 aliphatic heterocycles. The molecule has 5 nitrogen and oxygen atoms in total. The maximum atomic E-state index is 10.9. The maximum absolute atomic E-state index is 10.9. The van der Waals surface area contributed by atoms with Gasteiger partial charge in [-0.1, -0.05) is 0 Å². The molecule has 5 heteroatoms. The molecule has 1 heterocycles. The lowest BCUT2D eigenvalue weighted by Crippen LogP contribution is -2.24. The quantitative estimate of drug-likeness (QED) is 0.701. The molecule has 2 unspecified atom stereocenters. The SMILES string of the molecule is CC(O)C1CCN(c2ccc(C(=O)O)c(N)c2)C1. The van der Waals surface area contributed by atoms with Gasteiger partial charge in [-0.3, -0.25) is 0 Å². The summed E-state index contributed by atoms with van der Waals surface area (Å²) in [6, 6.07) is 4.99. The molecule has 1 saturated heterocycles. The zero-order valence-corrected chi connectivity index (χ0v) is 10.3. The van der Waals surface area contributed by atoms with Crippen molar-refractivity contribution in [3.63, 3.8) is 0 Å². The molecule has 0 bridgehead atoms. The zero-order chi connectivity index (χ0) is 13.3. The Hall–Kier alpha value is -1.75. The van der Waals surface area contributed by atoms with Crippen LogP contribution < -0.4 is 10.6 Å². The third-order valence-electron chi connectivity index (χ3n) is 3.54. The molecule has 0 amide bonds. The van der Waals surface area contributed by atoms with Crippen LogP contribution in [0.2, 0.25) is 0 Å². The number of benzene rings is 1. The molecule has 2 atom stereocenters. The van der Waals surface area contributed by atoms with Crippen LogP contribution in [-0.4, -0.2) is 35.4 Å². The van der Waals surface area contributed by atoms with Gasteiger partial charge in [0.15, 0.2) is 0 Å². The molecule has 1 aliphatic rings. The lowest BCUT2D eigenvalue weighted by molar-refractivity contribution is 0.0698. The first-order valence-electron chi connectivity index (χ1n) is 6.05. The van der Waals surface area contributed by atoms with Gasteiger partial charge in [-0.2, -0.15) is 0 Å². The molecule has 98 valence electrons. The van der Waals surface area contributed by atoms with Crippen molar-refractivity contribution in [3.8, 4) is 0 Å². The fraction of sp³-hybridized carbons (Fsp3) is 0.462. The first-order chi connectivity index (χ1) is 8.49. The number of carboxylic acid groups (broad SMARTS) is 1. The van der Waals surface area contributed by atoms with Gasteiger partial charge in [0.2, 0.25) is 0 Å². The van der Waals surface area contributed by atoms with Gasteiger partial charge in [0.25, 0.3) is 0 Å². The topological polar surface area (TPSA) is 86.8 Å². The number of anilines is 2. The van der Waals surface area contributed by atoms with Gasteiger partial charge in [-0.25, -0.2) is 4.79 Å². The summed E-state index contributed by atoms with van der Waals surface area (Å²) < 4.78 is 0. The highest BCUT2D eigenvalue weighted by molar-refractivity contribution is 5.94. The fourth-order valence-corrected chi connectivity index (χ4v) is 2.36. The van der Waals surface area contributed by atoms with Crippen molar-refractivity contribution in [2.75, 3.05) is 23.7 Å². The number of carboxylic acids is 1. The number of aliphatic hydroxyl groups is 1. The summed E-state index contributed by atoms with van der Waals surface area (Å²) >= 11 is 0. The van der Waals surface area contributed by atoms with E-state index in [4.69, 9.17) is 10.8 Å². The van der Waals surface area contributed by atoms with E-state index in [1.165, 1.54) is 6.07 Å². The van der Waals surface area contributed by atoms with Crippen molar-refractivity contribution in [1.82, 2.24) is 0 Å². The average molecular weight is 250 g/mol. The molecule has 0 aromatic heterocycles. The standard InChI is InChI=1S/C13H18N2O3/c1-8(16)9-4-5-15(7-9)10-2-3-11(13(17)18)12(14)6-10/h2-3,6,8-9,16H,4-5,7,14H2,1H3,(H,17,18). The Morgan fingerprint density at radius 2 is 2.28 bits per heavy atom. The van der Waals surface area contributed by atoms with Crippen molar-refractivity contribution >= 4 is 17.3 Å². The van der Waals surface area contributed by atoms with Gasteiger partial charge in [-0.05, 0) is 31.5 Å². The molecule has 18 heavy (non-hydrogen) atoms. The summed E-state index contributed by atoms with van der Waals surface area (Å²) in [5.41, 5.74) is 7.05. The van der Waals surface area contributed by atoms with Crippen molar-refractivity contribution in [3.05, 3.63) is 23.8 Å². The summed E-state index contributed by atoms with van der Waals surface area (Å²) in [7, 11) is 0.